The monoisotopic (exact) mass is 253 g/mol. The number of carbonyl (C=O) groups excluding carboxylic acids is 1. The number of hydrogen-bond donors (Lipinski definition) is 1. The molecule has 1 amide bonds. The highest BCUT2D eigenvalue weighted by Gasteiger charge is 2.06. The van der Waals surface area contributed by atoms with Crippen LogP contribution in [-0.4, -0.2) is 12.5 Å². The van der Waals surface area contributed by atoms with E-state index in [1.54, 1.807) is 0 Å². The molecule has 0 atom stereocenters. The Labute approximate surface area is 114 Å². The van der Waals surface area contributed by atoms with E-state index in [9.17, 15) is 4.79 Å². The first kappa shape index (κ1) is 13.3. The molecule has 0 radical (unpaired) electrons. The van der Waals surface area contributed by atoms with Crippen LogP contribution in [0.4, 0.5) is 0 Å². The summed E-state index contributed by atoms with van der Waals surface area (Å²) in [6.45, 7) is 4.87. The van der Waals surface area contributed by atoms with Crippen molar-refractivity contribution in [3.63, 3.8) is 0 Å². The van der Waals surface area contributed by atoms with Gasteiger partial charge in [0.25, 0.3) is 5.91 Å². The van der Waals surface area contributed by atoms with Crippen molar-refractivity contribution in [2.75, 3.05) is 6.54 Å². The van der Waals surface area contributed by atoms with Gasteiger partial charge in [0.1, 0.15) is 0 Å². The molecule has 0 fully saturated rings. The standard InChI is InChI=1S/C17H19NO/c1-13(2)12-18-17(19)16-10-8-15(9-11-16)14-6-4-3-5-7-14/h3-11,13H,12H2,1-2H3,(H,18,19). The van der Waals surface area contributed by atoms with Crippen LogP contribution in [0.2, 0.25) is 0 Å². The van der Waals surface area contributed by atoms with Gasteiger partial charge in [-0.05, 0) is 29.2 Å². The smallest absolute Gasteiger partial charge is 0.251 e. The molecule has 0 aliphatic carbocycles. The molecule has 0 aliphatic heterocycles. The predicted molar refractivity (Wildman–Crippen MR) is 79.0 cm³/mol. The fourth-order valence-corrected chi connectivity index (χ4v) is 1.84. The van der Waals surface area contributed by atoms with Crippen molar-refractivity contribution in [1.82, 2.24) is 5.32 Å². The topological polar surface area (TPSA) is 29.1 Å². The molecule has 2 aromatic rings. The fraction of sp³-hybridized carbons (Fsp3) is 0.235. The van der Waals surface area contributed by atoms with E-state index in [4.69, 9.17) is 0 Å². The van der Waals surface area contributed by atoms with Crippen molar-refractivity contribution < 1.29 is 4.79 Å². The average molecular weight is 253 g/mol. The van der Waals surface area contributed by atoms with Gasteiger partial charge in [-0.2, -0.15) is 0 Å². The van der Waals surface area contributed by atoms with E-state index in [0.717, 1.165) is 11.1 Å². The molecule has 2 rings (SSSR count). The second-order valence-corrected chi connectivity index (χ2v) is 5.05. The first-order valence-corrected chi connectivity index (χ1v) is 6.60. The van der Waals surface area contributed by atoms with E-state index in [2.05, 4.69) is 31.3 Å². The summed E-state index contributed by atoms with van der Waals surface area (Å²) in [6.07, 6.45) is 0. The third kappa shape index (κ3) is 3.68. The van der Waals surface area contributed by atoms with Gasteiger partial charge in [-0.1, -0.05) is 56.3 Å². The maximum atomic E-state index is 11.9. The molecule has 1 N–H and O–H groups in total. The molecule has 0 saturated heterocycles. The van der Waals surface area contributed by atoms with Crippen molar-refractivity contribution in [3.8, 4) is 11.1 Å². The molecule has 0 saturated carbocycles. The van der Waals surface area contributed by atoms with Gasteiger partial charge in [-0.15, -0.1) is 0 Å². The Bertz CT molecular complexity index is 529. The Morgan fingerprint density at radius 1 is 0.947 bits per heavy atom. The lowest BCUT2D eigenvalue weighted by molar-refractivity contribution is 0.0949. The Kier molecular flexibility index (Phi) is 4.35. The van der Waals surface area contributed by atoms with Crippen LogP contribution in [0.1, 0.15) is 24.2 Å². The first-order chi connectivity index (χ1) is 9.16. The quantitative estimate of drug-likeness (QED) is 0.883. The molecule has 2 aromatic carbocycles. The Morgan fingerprint density at radius 2 is 1.53 bits per heavy atom. The molecule has 2 heteroatoms. The van der Waals surface area contributed by atoms with Crippen LogP contribution in [-0.2, 0) is 0 Å². The number of rotatable bonds is 4. The van der Waals surface area contributed by atoms with Crippen molar-refractivity contribution in [2.45, 2.75) is 13.8 Å². The molecule has 0 heterocycles. The lowest BCUT2D eigenvalue weighted by Crippen LogP contribution is -2.27. The highest BCUT2D eigenvalue weighted by atomic mass is 16.1. The summed E-state index contributed by atoms with van der Waals surface area (Å²) in [5.74, 6) is 0.459. The molecule has 19 heavy (non-hydrogen) atoms. The zero-order chi connectivity index (χ0) is 13.7. The van der Waals surface area contributed by atoms with Crippen molar-refractivity contribution in [3.05, 3.63) is 60.2 Å². The van der Waals surface area contributed by atoms with Crippen LogP contribution in [0.25, 0.3) is 11.1 Å². The average Bonchev–Trinajstić information content (AvgIpc) is 2.46. The van der Waals surface area contributed by atoms with Crippen LogP contribution < -0.4 is 5.32 Å². The maximum absolute atomic E-state index is 11.9. The SMILES string of the molecule is CC(C)CNC(=O)c1ccc(-c2ccccc2)cc1. The molecule has 0 spiro atoms. The van der Waals surface area contributed by atoms with Crippen LogP contribution in [0.3, 0.4) is 0 Å². The third-order valence-corrected chi connectivity index (χ3v) is 2.93. The Balaban J connectivity index is 2.08. The number of benzene rings is 2. The molecule has 98 valence electrons. The van der Waals surface area contributed by atoms with Gasteiger partial charge in [-0.25, -0.2) is 0 Å². The van der Waals surface area contributed by atoms with E-state index in [-0.39, 0.29) is 5.91 Å². The summed E-state index contributed by atoms with van der Waals surface area (Å²) in [5, 5.41) is 2.92. The minimum atomic E-state index is -0.00619. The molecular formula is C17H19NO. The van der Waals surface area contributed by atoms with Gasteiger partial charge in [-0.3, -0.25) is 4.79 Å². The summed E-state index contributed by atoms with van der Waals surface area (Å²) in [4.78, 5) is 11.9. The molecular weight excluding hydrogens is 234 g/mol. The van der Waals surface area contributed by atoms with E-state index >= 15 is 0 Å². The summed E-state index contributed by atoms with van der Waals surface area (Å²) >= 11 is 0. The molecule has 2 nitrogen and oxygen atoms in total. The minimum Gasteiger partial charge on any atom is -0.352 e. The van der Waals surface area contributed by atoms with Crippen molar-refractivity contribution in [2.24, 2.45) is 5.92 Å². The highest BCUT2D eigenvalue weighted by molar-refractivity contribution is 5.94. The van der Waals surface area contributed by atoms with Gasteiger partial charge < -0.3 is 5.32 Å². The highest BCUT2D eigenvalue weighted by Crippen LogP contribution is 2.19. The summed E-state index contributed by atoms with van der Waals surface area (Å²) in [6, 6.07) is 17.9. The normalized spacial score (nSPS) is 10.5. The first-order valence-electron chi connectivity index (χ1n) is 6.60. The van der Waals surface area contributed by atoms with Gasteiger partial charge in [0.2, 0.25) is 0 Å². The van der Waals surface area contributed by atoms with Crippen LogP contribution in [0, 0.1) is 5.92 Å². The van der Waals surface area contributed by atoms with Gasteiger partial charge in [0.15, 0.2) is 0 Å². The number of nitrogens with one attached hydrogen (secondary N) is 1. The largest absolute Gasteiger partial charge is 0.352 e. The third-order valence-electron chi connectivity index (χ3n) is 2.93. The van der Waals surface area contributed by atoms with Crippen LogP contribution in [0.5, 0.6) is 0 Å². The van der Waals surface area contributed by atoms with E-state index in [0.29, 0.717) is 18.0 Å². The maximum Gasteiger partial charge on any atom is 0.251 e. The van der Waals surface area contributed by atoms with Crippen LogP contribution in [0.15, 0.2) is 54.6 Å². The predicted octanol–water partition coefficient (Wildman–Crippen LogP) is 3.74. The zero-order valence-corrected chi connectivity index (χ0v) is 11.4. The van der Waals surface area contributed by atoms with Crippen molar-refractivity contribution in [1.29, 1.82) is 0 Å². The zero-order valence-electron chi connectivity index (χ0n) is 11.4. The second-order valence-electron chi connectivity index (χ2n) is 5.05. The van der Waals surface area contributed by atoms with Gasteiger partial charge >= 0.3 is 0 Å². The van der Waals surface area contributed by atoms with E-state index in [1.165, 1.54) is 0 Å². The summed E-state index contributed by atoms with van der Waals surface area (Å²) in [7, 11) is 0. The molecule has 0 unspecified atom stereocenters. The second kappa shape index (κ2) is 6.19. The molecule has 0 bridgehead atoms. The summed E-state index contributed by atoms with van der Waals surface area (Å²) < 4.78 is 0. The van der Waals surface area contributed by atoms with Crippen molar-refractivity contribution >= 4 is 5.91 Å². The lowest BCUT2D eigenvalue weighted by Gasteiger charge is -2.08. The van der Waals surface area contributed by atoms with Gasteiger partial charge in [0.05, 0.1) is 0 Å². The number of hydrogen-bond acceptors (Lipinski definition) is 1. The lowest BCUT2D eigenvalue weighted by atomic mass is 10.0. The minimum absolute atomic E-state index is 0.00619. The fourth-order valence-electron chi connectivity index (χ4n) is 1.84. The molecule has 0 aromatic heterocycles. The van der Waals surface area contributed by atoms with Crippen LogP contribution >= 0.6 is 0 Å². The van der Waals surface area contributed by atoms with E-state index < -0.39 is 0 Å². The Morgan fingerprint density at radius 3 is 2.11 bits per heavy atom. The van der Waals surface area contributed by atoms with E-state index in [1.807, 2.05) is 42.5 Å². The number of carbonyl (C=O) groups is 1. The molecule has 0 aliphatic rings. The summed E-state index contributed by atoms with van der Waals surface area (Å²) in [5.41, 5.74) is 3.00. The van der Waals surface area contributed by atoms with Gasteiger partial charge in [0, 0.05) is 12.1 Å². The Hall–Kier alpha value is -2.09. The number of amides is 1.